The summed E-state index contributed by atoms with van der Waals surface area (Å²) in [6, 6.07) is 8.55. The van der Waals surface area contributed by atoms with Crippen molar-refractivity contribution in [2.24, 2.45) is 0 Å². The molecule has 0 aliphatic carbocycles. The van der Waals surface area contributed by atoms with Crippen molar-refractivity contribution in [1.82, 2.24) is 19.9 Å². The van der Waals surface area contributed by atoms with Gasteiger partial charge in [-0.1, -0.05) is 55.8 Å². The number of fused-ring (bicyclic) bond motifs is 2. The van der Waals surface area contributed by atoms with Gasteiger partial charge >= 0.3 is 0 Å². The van der Waals surface area contributed by atoms with Crippen molar-refractivity contribution in [2.45, 2.75) is 76.4 Å². The third-order valence-electron chi connectivity index (χ3n) is 5.95. The summed E-state index contributed by atoms with van der Waals surface area (Å²) < 4.78 is 2.03. The Kier molecular flexibility index (Phi) is 4.75. The Balaban J connectivity index is 1.47. The van der Waals surface area contributed by atoms with Crippen LogP contribution in [-0.2, 0) is 16.6 Å². The molecule has 2 bridgehead atoms. The Morgan fingerprint density at radius 3 is 2.41 bits per heavy atom. The van der Waals surface area contributed by atoms with Gasteiger partial charge in [0.2, 0.25) is 5.91 Å². The molecule has 2 fully saturated rings. The Bertz CT molecular complexity index is 827. The van der Waals surface area contributed by atoms with Gasteiger partial charge in [-0.15, -0.1) is 5.10 Å². The van der Waals surface area contributed by atoms with Gasteiger partial charge in [0.1, 0.15) is 0 Å². The van der Waals surface area contributed by atoms with E-state index in [1.807, 2.05) is 28.9 Å². The predicted octanol–water partition coefficient (Wildman–Crippen LogP) is 4.17. The average molecular weight is 387 g/mol. The Morgan fingerprint density at radius 2 is 1.81 bits per heavy atom. The highest BCUT2D eigenvalue weighted by molar-refractivity contribution is 6.31. The second-order valence-corrected chi connectivity index (χ2v) is 9.32. The lowest BCUT2D eigenvalue weighted by atomic mass is 9.93. The van der Waals surface area contributed by atoms with E-state index in [1.165, 1.54) is 0 Å². The SMILES string of the molecule is CC(C)(C)c1cn(C2CC3CCC(C2)N3C(=O)Cc2ccccc2Cl)nn1. The largest absolute Gasteiger partial charge is 0.336 e. The van der Waals surface area contributed by atoms with Crippen molar-refractivity contribution in [2.75, 3.05) is 0 Å². The molecule has 6 heteroatoms. The zero-order valence-corrected chi connectivity index (χ0v) is 17.0. The Labute approximate surface area is 165 Å². The van der Waals surface area contributed by atoms with E-state index in [-0.39, 0.29) is 11.3 Å². The van der Waals surface area contributed by atoms with Gasteiger partial charge < -0.3 is 4.90 Å². The molecule has 5 nitrogen and oxygen atoms in total. The number of aromatic nitrogens is 3. The lowest BCUT2D eigenvalue weighted by molar-refractivity contribution is -0.135. The zero-order valence-electron chi connectivity index (χ0n) is 16.2. The maximum absolute atomic E-state index is 13.0. The number of hydrogen-bond donors (Lipinski definition) is 0. The molecule has 27 heavy (non-hydrogen) atoms. The number of rotatable bonds is 3. The normalized spacial score (nSPS) is 25.0. The number of halogens is 1. The zero-order chi connectivity index (χ0) is 19.2. The molecule has 0 saturated carbocycles. The molecule has 2 aliphatic rings. The van der Waals surface area contributed by atoms with Gasteiger partial charge in [-0.3, -0.25) is 4.79 Å². The summed E-state index contributed by atoms with van der Waals surface area (Å²) in [7, 11) is 0. The monoisotopic (exact) mass is 386 g/mol. The molecule has 0 spiro atoms. The smallest absolute Gasteiger partial charge is 0.227 e. The summed E-state index contributed by atoms with van der Waals surface area (Å²) in [4.78, 5) is 15.1. The van der Waals surface area contributed by atoms with Gasteiger partial charge in [-0.25, -0.2) is 4.68 Å². The van der Waals surface area contributed by atoms with Crippen LogP contribution in [0.3, 0.4) is 0 Å². The van der Waals surface area contributed by atoms with Gasteiger partial charge in [-0.05, 0) is 37.3 Å². The van der Waals surface area contributed by atoms with E-state index in [0.29, 0.717) is 29.6 Å². The Morgan fingerprint density at radius 1 is 1.15 bits per heavy atom. The van der Waals surface area contributed by atoms with Gasteiger partial charge in [0.05, 0.1) is 18.2 Å². The van der Waals surface area contributed by atoms with Gasteiger partial charge in [0.25, 0.3) is 0 Å². The number of piperidine rings is 1. The number of carbonyl (C=O) groups is 1. The first-order chi connectivity index (χ1) is 12.8. The van der Waals surface area contributed by atoms with Crippen LogP contribution in [-0.4, -0.2) is 37.9 Å². The van der Waals surface area contributed by atoms with E-state index in [0.717, 1.165) is 36.9 Å². The summed E-state index contributed by atoms with van der Waals surface area (Å²) in [6.45, 7) is 6.46. The van der Waals surface area contributed by atoms with E-state index in [2.05, 4.69) is 42.2 Å². The van der Waals surface area contributed by atoms with Crippen LogP contribution in [0.25, 0.3) is 0 Å². The third-order valence-corrected chi connectivity index (χ3v) is 6.32. The maximum atomic E-state index is 13.0. The maximum Gasteiger partial charge on any atom is 0.227 e. The van der Waals surface area contributed by atoms with Crippen LogP contribution >= 0.6 is 11.6 Å². The van der Waals surface area contributed by atoms with E-state index >= 15 is 0 Å². The molecular formula is C21H27ClN4O. The number of carbonyl (C=O) groups excluding carboxylic acids is 1. The summed E-state index contributed by atoms with van der Waals surface area (Å²) in [5.41, 5.74) is 1.94. The van der Waals surface area contributed by atoms with Crippen molar-refractivity contribution in [1.29, 1.82) is 0 Å². The molecule has 2 aromatic rings. The number of amides is 1. The average Bonchev–Trinajstić information content (AvgIpc) is 3.20. The predicted molar refractivity (Wildman–Crippen MR) is 106 cm³/mol. The van der Waals surface area contributed by atoms with Crippen LogP contribution in [0, 0.1) is 0 Å². The highest BCUT2D eigenvalue weighted by Crippen LogP contribution is 2.41. The second-order valence-electron chi connectivity index (χ2n) is 8.91. The fourth-order valence-electron chi connectivity index (χ4n) is 4.47. The van der Waals surface area contributed by atoms with Gasteiger partial charge in [-0.2, -0.15) is 0 Å². The summed E-state index contributed by atoms with van der Waals surface area (Å²) >= 11 is 6.25. The molecule has 0 N–H and O–H groups in total. The van der Waals surface area contributed by atoms with E-state index < -0.39 is 0 Å². The minimum atomic E-state index is 0.00283. The second kappa shape index (κ2) is 6.93. The first kappa shape index (κ1) is 18.5. The quantitative estimate of drug-likeness (QED) is 0.795. The molecule has 3 heterocycles. The summed E-state index contributed by atoms with van der Waals surface area (Å²) in [5, 5.41) is 9.44. The van der Waals surface area contributed by atoms with Crippen LogP contribution in [0.15, 0.2) is 30.5 Å². The molecule has 144 valence electrons. The van der Waals surface area contributed by atoms with Crippen LogP contribution in [0.5, 0.6) is 0 Å². The van der Waals surface area contributed by atoms with Crippen molar-refractivity contribution < 1.29 is 4.79 Å². The number of hydrogen-bond acceptors (Lipinski definition) is 3. The molecule has 0 radical (unpaired) electrons. The highest BCUT2D eigenvalue weighted by atomic mass is 35.5. The van der Waals surface area contributed by atoms with Crippen LogP contribution in [0.4, 0.5) is 0 Å². The van der Waals surface area contributed by atoms with Crippen LogP contribution < -0.4 is 0 Å². The first-order valence-electron chi connectivity index (χ1n) is 9.80. The van der Waals surface area contributed by atoms with E-state index in [9.17, 15) is 4.79 Å². The molecule has 1 amide bonds. The molecule has 2 saturated heterocycles. The molecule has 2 aliphatic heterocycles. The first-order valence-corrected chi connectivity index (χ1v) is 10.2. The van der Waals surface area contributed by atoms with Crippen molar-refractivity contribution in [3.63, 3.8) is 0 Å². The molecule has 1 aromatic carbocycles. The number of nitrogens with zero attached hydrogens (tertiary/aromatic N) is 4. The molecule has 4 rings (SSSR count). The lowest BCUT2D eigenvalue weighted by Crippen LogP contribution is -2.47. The number of benzene rings is 1. The molecule has 2 atom stereocenters. The Hall–Kier alpha value is -1.88. The molecule has 1 aromatic heterocycles. The van der Waals surface area contributed by atoms with Gasteiger partial charge in [0, 0.05) is 28.7 Å². The fraction of sp³-hybridized carbons (Fsp3) is 0.571. The summed E-state index contributed by atoms with van der Waals surface area (Å²) in [6.07, 6.45) is 6.54. The fourth-order valence-corrected chi connectivity index (χ4v) is 4.67. The minimum absolute atomic E-state index is 0.00283. The summed E-state index contributed by atoms with van der Waals surface area (Å²) in [5.74, 6) is 0.197. The van der Waals surface area contributed by atoms with Gasteiger partial charge in [0.15, 0.2) is 0 Å². The van der Waals surface area contributed by atoms with Crippen LogP contribution in [0.1, 0.15) is 63.8 Å². The lowest BCUT2D eigenvalue weighted by Gasteiger charge is -2.39. The topological polar surface area (TPSA) is 51.0 Å². The van der Waals surface area contributed by atoms with E-state index in [4.69, 9.17) is 11.6 Å². The molecule has 2 unspecified atom stereocenters. The third kappa shape index (κ3) is 3.62. The van der Waals surface area contributed by atoms with Crippen molar-refractivity contribution >= 4 is 17.5 Å². The van der Waals surface area contributed by atoms with Crippen molar-refractivity contribution in [3.8, 4) is 0 Å². The standard InChI is InChI=1S/C21H27ClN4O/c1-21(2,3)19-13-25(24-23-19)17-11-15-8-9-16(12-17)26(15)20(27)10-14-6-4-5-7-18(14)22/h4-7,13,15-17H,8-12H2,1-3H3. The van der Waals surface area contributed by atoms with E-state index in [1.54, 1.807) is 0 Å². The van der Waals surface area contributed by atoms with Crippen LogP contribution in [0.2, 0.25) is 5.02 Å². The van der Waals surface area contributed by atoms with Crippen molar-refractivity contribution in [3.05, 3.63) is 46.7 Å². The highest BCUT2D eigenvalue weighted by Gasteiger charge is 2.44. The molecular weight excluding hydrogens is 360 g/mol. The minimum Gasteiger partial charge on any atom is -0.336 e.